The van der Waals surface area contributed by atoms with Gasteiger partial charge in [-0.2, -0.15) is 0 Å². The number of aryl methyl sites for hydroxylation is 2. The fourth-order valence-corrected chi connectivity index (χ4v) is 16.6. The first-order chi connectivity index (χ1) is 37.0. The molecule has 0 aromatic heterocycles. The van der Waals surface area contributed by atoms with Gasteiger partial charge in [0.15, 0.2) is 0 Å². The zero-order valence-electron chi connectivity index (χ0n) is 45.3. The maximum atomic E-state index is 14.7. The first-order valence-corrected chi connectivity index (χ1v) is 31.4. The number of alkyl carbamates (subject to hydrolysis) is 2. The number of hydrogen-bond donors (Lipinski definition) is 2. The Balaban J connectivity index is 1.07. The van der Waals surface area contributed by atoms with Gasteiger partial charge >= 0.3 is 41.7 Å². The highest BCUT2D eigenvalue weighted by Crippen LogP contribution is 2.49. The zero-order chi connectivity index (χ0) is 53.7. The molecule has 0 saturated carbocycles. The Bertz CT molecular complexity index is 2680. The van der Waals surface area contributed by atoms with E-state index in [4.69, 9.17) is 50.2 Å². The van der Waals surface area contributed by atoms with Crippen LogP contribution in [0.15, 0.2) is 30.3 Å². The van der Waals surface area contributed by atoms with Gasteiger partial charge in [0.1, 0.15) is 24.6 Å². The highest BCUT2D eigenvalue weighted by Gasteiger charge is 2.41. The topological polar surface area (TPSA) is 200 Å². The Morgan fingerprint density at radius 1 is 0.592 bits per heavy atom. The molecule has 0 atom stereocenters. The average Bonchev–Trinajstić information content (AvgIpc) is 3.57. The van der Waals surface area contributed by atoms with E-state index in [2.05, 4.69) is 32.2 Å². The SMILES string of the molecule is CCO[Si](CCCNC(=O)OCOC(=O)c1ccc(C2=c3cc4c5c(c3Oc3c2cc2c6c3CCCN6CCC2)CCC[N+]=5CCC4)c(C(=O)OCOC(=O)NCCC[Si](OCC)(OCC)OCC)c1)(OCC)OCC. The van der Waals surface area contributed by atoms with Gasteiger partial charge in [0, 0.05) is 124 Å². The molecule has 414 valence electrons. The minimum absolute atomic E-state index is 0.00804. The third-order valence-corrected chi connectivity index (χ3v) is 20.5. The van der Waals surface area contributed by atoms with Crippen molar-refractivity contribution in [2.24, 2.45) is 0 Å². The van der Waals surface area contributed by atoms with Gasteiger partial charge < -0.3 is 65.8 Å². The Kier molecular flexibility index (Phi) is 20.0. The monoisotopic (exact) mass is 1090 g/mol. The minimum Gasteiger partial charge on any atom is -0.455 e. The molecule has 2 amide bonds. The molecule has 0 aliphatic carbocycles. The summed E-state index contributed by atoms with van der Waals surface area (Å²) in [5.74, 6) is -0.0986. The Labute approximate surface area is 448 Å². The smallest absolute Gasteiger partial charge is 0.455 e. The van der Waals surface area contributed by atoms with Gasteiger partial charge in [-0.25, -0.2) is 23.8 Å². The lowest BCUT2D eigenvalue weighted by atomic mass is 9.81. The van der Waals surface area contributed by atoms with Gasteiger partial charge in [0.25, 0.3) is 0 Å². The van der Waals surface area contributed by atoms with Gasteiger partial charge in [-0.1, -0.05) is 6.07 Å². The van der Waals surface area contributed by atoms with Gasteiger partial charge in [-0.15, -0.1) is 0 Å². The molecule has 0 fully saturated rings. The van der Waals surface area contributed by atoms with E-state index in [9.17, 15) is 19.2 Å². The van der Waals surface area contributed by atoms with Crippen LogP contribution >= 0.6 is 0 Å². The van der Waals surface area contributed by atoms with Crippen LogP contribution in [0.3, 0.4) is 0 Å². The Morgan fingerprint density at radius 2 is 1.13 bits per heavy atom. The van der Waals surface area contributed by atoms with Crippen LogP contribution in [-0.2, 0) is 71.2 Å². The maximum Gasteiger partial charge on any atom is 0.500 e. The number of hydrogen-bond acceptors (Lipinski definition) is 16. The van der Waals surface area contributed by atoms with Crippen molar-refractivity contribution in [3.63, 3.8) is 0 Å². The summed E-state index contributed by atoms with van der Waals surface area (Å²) >= 11 is 0. The summed E-state index contributed by atoms with van der Waals surface area (Å²) < 4.78 is 67.1. The molecule has 2 N–H and O–H groups in total. The summed E-state index contributed by atoms with van der Waals surface area (Å²) in [5, 5.41) is 7.51. The predicted molar refractivity (Wildman–Crippen MR) is 286 cm³/mol. The van der Waals surface area contributed by atoms with Crippen LogP contribution in [0.1, 0.15) is 134 Å². The lowest BCUT2D eigenvalue weighted by Gasteiger charge is -2.39. The Hall–Kier alpha value is -5.40. The number of esters is 2. The quantitative estimate of drug-likeness (QED) is 0.0211. The lowest BCUT2D eigenvalue weighted by molar-refractivity contribution is -0.00285. The number of rotatable bonds is 27. The third-order valence-electron chi connectivity index (χ3n) is 14.2. The number of anilines is 1. The summed E-state index contributed by atoms with van der Waals surface area (Å²) in [4.78, 5) is 56.7. The fraction of sp³-hybridized carbons (Fsp3) is 0.582. The van der Waals surface area contributed by atoms with Crippen LogP contribution < -0.4 is 35.4 Å². The minimum atomic E-state index is -2.92. The molecule has 5 heterocycles. The van der Waals surface area contributed by atoms with Crippen molar-refractivity contribution in [2.45, 2.75) is 118 Å². The van der Waals surface area contributed by atoms with Crippen molar-refractivity contribution in [3.05, 3.63) is 85.4 Å². The van der Waals surface area contributed by atoms with E-state index in [0.717, 1.165) is 105 Å². The molecule has 3 aromatic carbocycles. The van der Waals surface area contributed by atoms with Crippen molar-refractivity contribution in [1.29, 1.82) is 0 Å². The van der Waals surface area contributed by atoms with Crippen molar-refractivity contribution < 1.29 is 69.4 Å². The van der Waals surface area contributed by atoms with Crippen LogP contribution in [0.25, 0.3) is 5.57 Å². The molecule has 19 nitrogen and oxygen atoms in total. The van der Waals surface area contributed by atoms with E-state index in [1.54, 1.807) is 12.1 Å². The summed E-state index contributed by atoms with van der Waals surface area (Å²) in [5.41, 5.74) is 8.29. The number of amides is 2. The number of carbonyl (C=O) groups is 4. The molecule has 3 aromatic rings. The molecule has 5 aliphatic rings. The second-order valence-electron chi connectivity index (χ2n) is 19.1. The van der Waals surface area contributed by atoms with Crippen molar-refractivity contribution in [1.82, 2.24) is 15.2 Å². The first-order valence-electron chi connectivity index (χ1n) is 27.6. The number of nitrogens with one attached hydrogen (secondary N) is 2. The van der Waals surface area contributed by atoms with E-state index >= 15 is 0 Å². The average molecular weight is 1090 g/mol. The summed E-state index contributed by atoms with van der Waals surface area (Å²) in [7, 11) is -5.82. The Morgan fingerprint density at radius 3 is 1.72 bits per heavy atom. The lowest BCUT2D eigenvalue weighted by Crippen LogP contribution is -2.46. The van der Waals surface area contributed by atoms with E-state index < -0.39 is 55.3 Å². The molecule has 5 aliphatic heterocycles. The van der Waals surface area contributed by atoms with Crippen LogP contribution in [-0.4, -0.2) is 134 Å². The highest BCUT2D eigenvalue weighted by atomic mass is 28.4. The summed E-state index contributed by atoms with van der Waals surface area (Å²) in [6.45, 7) is 17.0. The molecule has 0 bridgehead atoms. The third kappa shape index (κ3) is 12.9. The number of fused-ring (bicyclic) bond motifs is 4. The van der Waals surface area contributed by atoms with Crippen LogP contribution in [0.5, 0.6) is 11.5 Å². The van der Waals surface area contributed by atoms with Crippen LogP contribution in [0.4, 0.5) is 15.3 Å². The van der Waals surface area contributed by atoms with E-state index in [1.807, 2.05) is 41.5 Å². The molecule has 0 unspecified atom stereocenters. The van der Waals surface area contributed by atoms with Crippen molar-refractivity contribution >= 4 is 53.0 Å². The molecular weight excluding hydrogens is 1010 g/mol. The molecule has 0 saturated heterocycles. The zero-order valence-corrected chi connectivity index (χ0v) is 47.3. The highest BCUT2D eigenvalue weighted by molar-refractivity contribution is 6.61. The maximum absolute atomic E-state index is 14.7. The van der Waals surface area contributed by atoms with Crippen molar-refractivity contribution in [3.8, 4) is 11.5 Å². The van der Waals surface area contributed by atoms with Gasteiger partial charge in [-0.3, -0.25) is 0 Å². The van der Waals surface area contributed by atoms with Gasteiger partial charge in [0.2, 0.25) is 18.9 Å². The summed E-state index contributed by atoms with van der Waals surface area (Å²) in [6.07, 6.45) is 6.97. The second-order valence-corrected chi connectivity index (χ2v) is 24.6. The number of benzene rings is 3. The number of ether oxygens (including phenoxy) is 5. The number of nitrogens with zero attached hydrogens (tertiary/aromatic N) is 2. The van der Waals surface area contributed by atoms with Crippen LogP contribution in [0.2, 0.25) is 12.1 Å². The molecular formula is C55H77N4O15Si2+. The molecule has 76 heavy (non-hydrogen) atoms. The normalized spacial score (nSPS) is 15.4. The van der Waals surface area contributed by atoms with Gasteiger partial charge in [-0.05, 0) is 128 Å². The second kappa shape index (κ2) is 26.8. The molecule has 0 spiro atoms. The van der Waals surface area contributed by atoms with E-state index in [0.29, 0.717) is 70.1 Å². The number of carbonyl (C=O) groups excluding carboxylic acids is 4. The molecule has 0 radical (unpaired) electrons. The van der Waals surface area contributed by atoms with Crippen LogP contribution in [0, 0.1) is 0 Å². The molecule has 8 rings (SSSR count). The van der Waals surface area contributed by atoms with Gasteiger partial charge in [0.05, 0.1) is 16.7 Å². The fourth-order valence-electron chi connectivity index (χ4n) is 11.4. The van der Waals surface area contributed by atoms with E-state index in [1.165, 1.54) is 39.4 Å². The summed E-state index contributed by atoms with van der Waals surface area (Å²) in [6, 6.07) is 10.2. The largest absolute Gasteiger partial charge is 0.500 e. The first kappa shape index (κ1) is 56.8. The van der Waals surface area contributed by atoms with E-state index in [-0.39, 0.29) is 24.2 Å². The van der Waals surface area contributed by atoms with Crippen molar-refractivity contribution in [2.75, 3.05) is 97.4 Å². The standard InChI is InChI=1S/C55H76N4O15Si2/c1-7-68-75(69-8-2,70-9-3)31-17-25-56-54(62)66-36-64-52(60)40-23-24-41(44(35-40)53(61)65-37-67-55(63)57-26-18-32-76(71-10-4,72-11-5)73-12-6)47-45-33-38-19-13-27-58-29-15-21-42(48(38)58)50(45)74-51-43-22-16-30-59-28-14-20-39(49(43)59)34-46(47)51/h23-24,33-35H,7-22,25-32,36-37H2,1-6H3,(H-,56,57,62,63)/p+1. The predicted octanol–water partition coefficient (Wildman–Crippen LogP) is 6.68. The molecule has 21 heteroatoms.